The molecular formula is C34H32N2O4S. The van der Waals surface area contributed by atoms with Crippen LogP contribution in [-0.4, -0.2) is 26.6 Å². The Morgan fingerprint density at radius 3 is 2.49 bits per heavy atom. The molecule has 0 spiro atoms. The lowest BCUT2D eigenvalue weighted by molar-refractivity contribution is -0.132. The van der Waals surface area contributed by atoms with Gasteiger partial charge in [-0.05, 0) is 51.9 Å². The van der Waals surface area contributed by atoms with Crippen molar-refractivity contribution in [3.05, 3.63) is 129 Å². The molecule has 1 N–H and O–H groups in total. The number of hydrogen-bond acceptors (Lipinski definition) is 5. The van der Waals surface area contributed by atoms with Gasteiger partial charge in [0.1, 0.15) is 12.4 Å². The first kappa shape index (κ1) is 28.1. The van der Waals surface area contributed by atoms with Crippen molar-refractivity contribution in [2.75, 3.05) is 0 Å². The molecule has 0 saturated carbocycles. The van der Waals surface area contributed by atoms with E-state index in [-0.39, 0.29) is 12.6 Å². The van der Waals surface area contributed by atoms with Crippen molar-refractivity contribution in [3.63, 3.8) is 0 Å². The van der Waals surface area contributed by atoms with Crippen LogP contribution in [0.5, 0.6) is 0 Å². The van der Waals surface area contributed by atoms with Crippen molar-refractivity contribution < 1.29 is 19.4 Å². The third kappa shape index (κ3) is 6.81. The number of aliphatic carboxylic acids is 1. The third-order valence-corrected chi connectivity index (χ3v) is 7.92. The summed E-state index contributed by atoms with van der Waals surface area (Å²) >= 11 is 1.55. The Bertz CT molecular complexity index is 1670. The molecule has 0 aliphatic rings. The molecule has 0 bridgehead atoms. The Hall–Kier alpha value is -4.49. The van der Waals surface area contributed by atoms with E-state index in [2.05, 4.69) is 11.5 Å². The highest BCUT2D eigenvalue weighted by Crippen LogP contribution is 2.27. The zero-order valence-corrected chi connectivity index (χ0v) is 23.8. The number of hydrogen-bond donors (Lipinski definition) is 1. The second-order valence-electron chi connectivity index (χ2n) is 9.90. The fraction of sp³-hybridized carbons (Fsp3) is 0.206. The molecule has 41 heavy (non-hydrogen) atoms. The minimum absolute atomic E-state index is 0.207. The summed E-state index contributed by atoms with van der Waals surface area (Å²) in [5.41, 5.74) is 3.53. The summed E-state index contributed by atoms with van der Waals surface area (Å²) in [6.07, 6.45) is 6.65. The first-order valence-corrected chi connectivity index (χ1v) is 14.6. The molecule has 0 saturated heterocycles. The van der Waals surface area contributed by atoms with Crippen molar-refractivity contribution >= 4 is 40.1 Å². The molecule has 0 atom stereocenters. The standard InChI is InChI=1S/C34H32N2O4S/c1-2-3-15-32-35-21-27(19-26(33(37)38)20-28-12-9-18-41-28)36(32)22-25-16-17-31(30-14-8-7-13-29(25)30)34(39)40-23-24-10-5-4-6-11-24/h4-14,16-19,21H,2-3,15,20,22-23H2,1H3,(H,37,38)/b26-19+. The van der Waals surface area contributed by atoms with Gasteiger partial charge in [-0.3, -0.25) is 0 Å². The minimum atomic E-state index is -0.940. The molecule has 0 amide bonds. The Labute approximate surface area is 243 Å². The van der Waals surface area contributed by atoms with E-state index in [1.807, 2.05) is 84.2 Å². The number of ether oxygens (including phenoxy) is 1. The van der Waals surface area contributed by atoms with Gasteiger partial charge in [0, 0.05) is 29.8 Å². The highest BCUT2D eigenvalue weighted by Gasteiger charge is 2.17. The summed E-state index contributed by atoms with van der Waals surface area (Å²) in [6, 6.07) is 25.1. The highest BCUT2D eigenvalue weighted by atomic mass is 32.1. The topological polar surface area (TPSA) is 81.4 Å². The number of nitrogens with zero attached hydrogens (tertiary/aromatic N) is 2. The van der Waals surface area contributed by atoms with E-state index in [9.17, 15) is 14.7 Å². The Kier molecular flexibility index (Phi) is 9.06. The third-order valence-electron chi connectivity index (χ3n) is 7.04. The number of carbonyl (C=O) groups is 2. The largest absolute Gasteiger partial charge is 0.478 e. The van der Waals surface area contributed by atoms with Crippen LogP contribution < -0.4 is 0 Å². The van der Waals surface area contributed by atoms with Gasteiger partial charge in [0.15, 0.2) is 0 Å². The number of rotatable bonds is 12. The van der Waals surface area contributed by atoms with E-state index in [1.54, 1.807) is 23.6 Å². The van der Waals surface area contributed by atoms with Gasteiger partial charge in [-0.2, -0.15) is 0 Å². The van der Waals surface area contributed by atoms with E-state index < -0.39 is 5.97 Å². The monoisotopic (exact) mass is 564 g/mol. The summed E-state index contributed by atoms with van der Waals surface area (Å²) in [5, 5.41) is 13.7. The molecule has 2 aromatic heterocycles. The maximum Gasteiger partial charge on any atom is 0.339 e. The second kappa shape index (κ2) is 13.2. The maximum atomic E-state index is 13.1. The van der Waals surface area contributed by atoms with Gasteiger partial charge in [0.05, 0.1) is 17.5 Å². The number of thiophene rings is 1. The molecule has 0 aliphatic carbocycles. The van der Waals surface area contributed by atoms with Crippen LogP contribution in [0.4, 0.5) is 0 Å². The van der Waals surface area contributed by atoms with Crippen LogP contribution >= 0.6 is 11.3 Å². The molecule has 0 aliphatic heterocycles. The van der Waals surface area contributed by atoms with Crippen molar-refractivity contribution in [3.8, 4) is 0 Å². The number of unbranched alkanes of at least 4 members (excludes halogenated alkanes) is 1. The molecule has 5 rings (SSSR count). The van der Waals surface area contributed by atoms with Crippen LogP contribution in [0.3, 0.4) is 0 Å². The lowest BCUT2D eigenvalue weighted by Crippen LogP contribution is -2.11. The average molecular weight is 565 g/mol. The first-order chi connectivity index (χ1) is 20.0. The summed E-state index contributed by atoms with van der Waals surface area (Å²) in [7, 11) is 0. The predicted molar refractivity (Wildman–Crippen MR) is 163 cm³/mol. The highest BCUT2D eigenvalue weighted by molar-refractivity contribution is 7.09. The number of carbonyl (C=O) groups excluding carboxylic acids is 1. The van der Waals surface area contributed by atoms with Crippen molar-refractivity contribution in [2.45, 2.75) is 45.8 Å². The molecule has 0 fully saturated rings. The lowest BCUT2D eigenvalue weighted by Gasteiger charge is -2.15. The maximum absolute atomic E-state index is 13.1. The molecule has 208 valence electrons. The van der Waals surface area contributed by atoms with E-state index in [0.29, 0.717) is 24.1 Å². The van der Waals surface area contributed by atoms with Gasteiger partial charge in [0.2, 0.25) is 0 Å². The molecular weight excluding hydrogens is 532 g/mol. The first-order valence-electron chi connectivity index (χ1n) is 13.8. The number of esters is 1. The van der Waals surface area contributed by atoms with Crippen molar-refractivity contribution in [2.24, 2.45) is 0 Å². The predicted octanol–water partition coefficient (Wildman–Crippen LogP) is 7.56. The van der Waals surface area contributed by atoms with E-state index in [1.165, 1.54) is 0 Å². The molecule has 0 unspecified atom stereocenters. The molecule has 2 heterocycles. The van der Waals surface area contributed by atoms with Crippen molar-refractivity contribution in [1.82, 2.24) is 9.55 Å². The number of aryl methyl sites for hydroxylation is 1. The Morgan fingerprint density at radius 2 is 1.76 bits per heavy atom. The number of imidazole rings is 1. The van der Waals surface area contributed by atoms with Gasteiger partial charge in [-0.1, -0.05) is 80.1 Å². The Morgan fingerprint density at radius 1 is 0.976 bits per heavy atom. The molecule has 0 radical (unpaired) electrons. The SMILES string of the molecule is CCCCc1ncc(/C=C(\Cc2cccs2)C(=O)O)n1Cc1ccc(C(=O)OCc2ccccc2)c2ccccc12. The summed E-state index contributed by atoms with van der Waals surface area (Å²) in [5.74, 6) is -0.398. The van der Waals surface area contributed by atoms with Crippen LogP contribution in [0.15, 0.2) is 96.0 Å². The van der Waals surface area contributed by atoms with Crippen LogP contribution in [0, 0.1) is 0 Å². The van der Waals surface area contributed by atoms with Gasteiger partial charge < -0.3 is 14.4 Å². The van der Waals surface area contributed by atoms with E-state index in [4.69, 9.17) is 9.72 Å². The zero-order chi connectivity index (χ0) is 28.6. The summed E-state index contributed by atoms with van der Waals surface area (Å²) < 4.78 is 7.74. The number of carboxylic acids is 1. The average Bonchev–Trinajstić information content (AvgIpc) is 3.65. The fourth-order valence-electron chi connectivity index (χ4n) is 4.88. The molecule has 6 nitrogen and oxygen atoms in total. The molecule has 7 heteroatoms. The van der Waals surface area contributed by atoms with E-state index in [0.717, 1.165) is 57.6 Å². The summed E-state index contributed by atoms with van der Waals surface area (Å²) in [6.45, 7) is 2.84. The van der Waals surface area contributed by atoms with E-state index >= 15 is 0 Å². The van der Waals surface area contributed by atoms with Crippen molar-refractivity contribution in [1.29, 1.82) is 0 Å². The Balaban J connectivity index is 1.48. The lowest BCUT2D eigenvalue weighted by atomic mass is 9.99. The normalized spacial score (nSPS) is 11.6. The van der Waals surface area contributed by atoms with Gasteiger partial charge in [-0.15, -0.1) is 11.3 Å². The van der Waals surface area contributed by atoms with Crippen LogP contribution in [0.25, 0.3) is 16.8 Å². The number of carboxylic acid groups (broad SMARTS) is 1. The van der Waals surface area contributed by atoms with Gasteiger partial charge in [0.25, 0.3) is 0 Å². The smallest absolute Gasteiger partial charge is 0.339 e. The minimum Gasteiger partial charge on any atom is -0.478 e. The summed E-state index contributed by atoms with van der Waals surface area (Å²) in [4.78, 5) is 31.0. The van der Waals surface area contributed by atoms with Crippen LogP contribution in [-0.2, 0) is 35.5 Å². The van der Waals surface area contributed by atoms with Crippen LogP contribution in [0.2, 0.25) is 0 Å². The molecule has 5 aromatic rings. The second-order valence-corrected chi connectivity index (χ2v) is 10.9. The number of aromatic nitrogens is 2. The fourth-order valence-corrected chi connectivity index (χ4v) is 5.61. The van der Waals surface area contributed by atoms with Gasteiger partial charge >= 0.3 is 11.9 Å². The van der Waals surface area contributed by atoms with Crippen LogP contribution in [0.1, 0.15) is 57.6 Å². The van der Waals surface area contributed by atoms with Gasteiger partial charge in [-0.25, -0.2) is 14.6 Å². The zero-order valence-electron chi connectivity index (χ0n) is 23.0. The number of benzene rings is 3. The number of fused-ring (bicyclic) bond motifs is 1. The molecule has 3 aromatic carbocycles. The quantitative estimate of drug-likeness (QED) is 0.125.